The van der Waals surface area contributed by atoms with Gasteiger partial charge in [0, 0.05) is 19.4 Å². The van der Waals surface area contributed by atoms with Crippen molar-refractivity contribution in [2.45, 2.75) is 11.8 Å². The predicted molar refractivity (Wildman–Crippen MR) is 120 cm³/mol. The standard InChI is InChI=1S/C20H18ClN3O5S2/c1-12(25)18-11-30-20(22-18)23-19(26)16-10-15(8-9-17(16)21)31(27,28)24(2)13-4-6-14(29-3)7-5-13/h4-11H,1-3H3,(H,22,23,26). The summed E-state index contributed by atoms with van der Waals surface area (Å²) in [6.45, 7) is 1.37. The number of carbonyl (C=O) groups is 2. The fraction of sp³-hybridized carbons (Fsp3) is 0.150. The molecule has 0 aliphatic rings. The number of hydrogen-bond donors (Lipinski definition) is 1. The zero-order valence-electron chi connectivity index (χ0n) is 16.7. The van der Waals surface area contributed by atoms with Crippen LogP contribution in [-0.4, -0.2) is 39.2 Å². The molecule has 3 rings (SSSR count). The Bertz CT molecular complexity index is 1240. The molecule has 2 aromatic carbocycles. The van der Waals surface area contributed by atoms with Gasteiger partial charge in [-0.15, -0.1) is 11.3 Å². The quantitative estimate of drug-likeness (QED) is 0.512. The number of rotatable bonds is 7. The number of ether oxygens (including phenoxy) is 1. The van der Waals surface area contributed by atoms with E-state index in [4.69, 9.17) is 16.3 Å². The van der Waals surface area contributed by atoms with E-state index in [1.165, 1.54) is 44.7 Å². The first kappa shape index (κ1) is 22.7. The summed E-state index contributed by atoms with van der Waals surface area (Å²) in [4.78, 5) is 27.9. The number of Topliss-reactive ketones (excluding diaryl/α,β-unsaturated/α-hetero) is 1. The lowest BCUT2D eigenvalue weighted by Crippen LogP contribution is -2.27. The number of benzene rings is 2. The molecule has 0 saturated heterocycles. The van der Waals surface area contributed by atoms with E-state index < -0.39 is 15.9 Å². The van der Waals surface area contributed by atoms with E-state index in [0.29, 0.717) is 11.4 Å². The van der Waals surface area contributed by atoms with E-state index in [-0.39, 0.29) is 32.1 Å². The van der Waals surface area contributed by atoms with E-state index in [2.05, 4.69) is 10.3 Å². The molecule has 1 heterocycles. The summed E-state index contributed by atoms with van der Waals surface area (Å²) in [5.74, 6) is -0.279. The number of halogens is 1. The van der Waals surface area contributed by atoms with Crippen LogP contribution in [-0.2, 0) is 10.0 Å². The third-order valence-corrected chi connectivity index (χ3v) is 7.23. The highest BCUT2D eigenvalue weighted by molar-refractivity contribution is 7.92. The van der Waals surface area contributed by atoms with E-state index in [1.54, 1.807) is 24.3 Å². The molecule has 0 bridgehead atoms. The number of anilines is 2. The summed E-state index contributed by atoms with van der Waals surface area (Å²) in [7, 11) is -1.04. The van der Waals surface area contributed by atoms with Gasteiger partial charge in [0.2, 0.25) is 0 Å². The molecule has 1 N–H and O–H groups in total. The average Bonchev–Trinajstić information content (AvgIpc) is 3.22. The molecule has 11 heteroatoms. The first-order valence-electron chi connectivity index (χ1n) is 8.84. The first-order valence-corrected chi connectivity index (χ1v) is 11.5. The van der Waals surface area contributed by atoms with Gasteiger partial charge in [-0.1, -0.05) is 11.6 Å². The minimum absolute atomic E-state index is 0.0366. The van der Waals surface area contributed by atoms with Crippen molar-refractivity contribution in [1.82, 2.24) is 4.98 Å². The summed E-state index contributed by atoms with van der Waals surface area (Å²) in [5.41, 5.74) is 0.607. The highest BCUT2D eigenvalue weighted by Gasteiger charge is 2.24. The van der Waals surface area contributed by atoms with Gasteiger partial charge in [-0.3, -0.25) is 19.2 Å². The van der Waals surface area contributed by atoms with Gasteiger partial charge in [-0.05, 0) is 42.5 Å². The number of aromatic nitrogens is 1. The second-order valence-corrected chi connectivity index (χ2v) is 9.59. The van der Waals surface area contributed by atoms with Crippen molar-refractivity contribution in [2.75, 3.05) is 23.8 Å². The van der Waals surface area contributed by atoms with Crippen LogP contribution in [0.5, 0.6) is 5.75 Å². The van der Waals surface area contributed by atoms with Crippen LogP contribution < -0.4 is 14.4 Å². The maximum atomic E-state index is 13.1. The van der Waals surface area contributed by atoms with Crippen molar-refractivity contribution in [1.29, 1.82) is 0 Å². The van der Waals surface area contributed by atoms with Crippen LogP contribution in [0, 0.1) is 0 Å². The lowest BCUT2D eigenvalue weighted by Gasteiger charge is -2.20. The van der Waals surface area contributed by atoms with Gasteiger partial charge in [0.05, 0.1) is 28.3 Å². The highest BCUT2D eigenvalue weighted by atomic mass is 35.5. The molecule has 0 saturated carbocycles. The number of nitrogens with one attached hydrogen (secondary N) is 1. The molecular weight excluding hydrogens is 462 g/mol. The molecular formula is C20H18ClN3O5S2. The van der Waals surface area contributed by atoms with E-state index in [9.17, 15) is 18.0 Å². The molecule has 0 aliphatic carbocycles. The van der Waals surface area contributed by atoms with Crippen LogP contribution in [0.4, 0.5) is 10.8 Å². The molecule has 0 atom stereocenters. The number of thiazole rings is 1. The first-order chi connectivity index (χ1) is 14.6. The molecule has 1 amide bonds. The summed E-state index contributed by atoms with van der Waals surface area (Å²) >= 11 is 7.22. The third-order valence-electron chi connectivity index (χ3n) is 4.36. The Labute approximate surface area is 188 Å². The normalized spacial score (nSPS) is 11.1. The van der Waals surface area contributed by atoms with Gasteiger partial charge >= 0.3 is 0 Å². The smallest absolute Gasteiger partial charge is 0.264 e. The van der Waals surface area contributed by atoms with Gasteiger partial charge in [-0.25, -0.2) is 13.4 Å². The molecule has 31 heavy (non-hydrogen) atoms. The number of carbonyl (C=O) groups excluding carboxylic acids is 2. The number of nitrogens with zero attached hydrogens (tertiary/aromatic N) is 2. The van der Waals surface area contributed by atoms with Crippen molar-refractivity contribution >= 4 is 55.5 Å². The summed E-state index contributed by atoms with van der Waals surface area (Å²) in [5, 5.41) is 4.33. The molecule has 0 unspecified atom stereocenters. The zero-order chi connectivity index (χ0) is 22.8. The Morgan fingerprint density at radius 1 is 1.16 bits per heavy atom. The zero-order valence-corrected chi connectivity index (χ0v) is 19.1. The monoisotopic (exact) mass is 479 g/mol. The molecule has 1 aromatic heterocycles. The second-order valence-electron chi connectivity index (χ2n) is 6.36. The summed E-state index contributed by atoms with van der Waals surface area (Å²) in [6.07, 6.45) is 0. The number of hydrogen-bond acceptors (Lipinski definition) is 7. The average molecular weight is 480 g/mol. The number of sulfonamides is 1. The molecule has 162 valence electrons. The Morgan fingerprint density at radius 2 is 1.84 bits per heavy atom. The van der Waals surface area contributed by atoms with Gasteiger partial charge in [-0.2, -0.15) is 0 Å². The van der Waals surface area contributed by atoms with Crippen LogP contribution >= 0.6 is 22.9 Å². The van der Waals surface area contributed by atoms with Crippen LogP contribution in [0.2, 0.25) is 5.02 Å². The van der Waals surface area contributed by atoms with Gasteiger partial charge in [0.25, 0.3) is 15.9 Å². The lowest BCUT2D eigenvalue weighted by atomic mass is 10.2. The highest BCUT2D eigenvalue weighted by Crippen LogP contribution is 2.28. The topological polar surface area (TPSA) is 106 Å². The summed E-state index contributed by atoms with van der Waals surface area (Å²) < 4.78 is 32.3. The number of ketones is 1. The van der Waals surface area contributed by atoms with Crippen LogP contribution in [0.1, 0.15) is 27.8 Å². The lowest BCUT2D eigenvalue weighted by molar-refractivity contribution is 0.100. The second kappa shape index (κ2) is 9.04. The molecule has 0 aliphatic heterocycles. The van der Waals surface area contributed by atoms with E-state index in [0.717, 1.165) is 15.6 Å². The van der Waals surface area contributed by atoms with Gasteiger partial charge in [0.1, 0.15) is 11.4 Å². The Morgan fingerprint density at radius 3 is 2.42 bits per heavy atom. The number of methoxy groups -OCH3 is 1. The minimum Gasteiger partial charge on any atom is -0.497 e. The van der Waals surface area contributed by atoms with Crippen molar-refractivity contribution in [2.24, 2.45) is 0 Å². The number of amides is 1. The molecule has 3 aromatic rings. The van der Waals surface area contributed by atoms with Crippen LogP contribution in [0.15, 0.2) is 52.7 Å². The third kappa shape index (κ3) is 4.87. The van der Waals surface area contributed by atoms with E-state index in [1.807, 2.05) is 0 Å². The van der Waals surface area contributed by atoms with Crippen molar-refractivity contribution in [3.8, 4) is 5.75 Å². The minimum atomic E-state index is -3.97. The van der Waals surface area contributed by atoms with Gasteiger partial charge < -0.3 is 4.74 Å². The fourth-order valence-electron chi connectivity index (χ4n) is 2.59. The largest absolute Gasteiger partial charge is 0.497 e. The Hall–Kier alpha value is -2.95. The molecule has 0 spiro atoms. The molecule has 0 radical (unpaired) electrons. The molecule has 0 fully saturated rings. The van der Waals surface area contributed by atoms with Crippen molar-refractivity contribution in [3.63, 3.8) is 0 Å². The predicted octanol–water partition coefficient (Wildman–Crippen LogP) is 4.09. The molecule has 8 nitrogen and oxygen atoms in total. The van der Waals surface area contributed by atoms with Crippen molar-refractivity contribution in [3.05, 3.63) is 64.1 Å². The Kier molecular flexibility index (Phi) is 6.63. The Balaban J connectivity index is 1.89. The van der Waals surface area contributed by atoms with Crippen molar-refractivity contribution < 1.29 is 22.7 Å². The van der Waals surface area contributed by atoms with E-state index >= 15 is 0 Å². The van der Waals surface area contributed by atoms with Crippen LogP contribution in [0.25, 0.3) is 0 Å². The maximum Gasteiger partial charge on any atom is 0.264 e. The van der Waals surface area contributed by atoms with Crippen LogP contribution in [0.3, 0.4) is 0 Å². The summed E-state index contributed by atoms with van der Waals surface area (Å²) in [6, 6.07) is 10.4. The maximum absolute atomic E-state index is 13.1. The fourth-order valence-corrected chi connectivity index (χ4v) is 4.76. The van der Waals surface area contributed by atoms with Gasteiger partial charge in [0.15, 0.2) is 10.9 Å². The SMILES string of the molecule is COc1ccc(N(C)S(=O)(=O)c2ccc(Cl)c(C(=O)Nc3nc(C(C)=O)cs3)c2)cc1.